The minimum Gasteiger partial charge on any atom is -0.362 e. The molecule has 0 spiro atoms. The van der Waals surface area contributed by atoms with Crippen LogP contribution in [0, 0.1) is 20.2 Å². The zero-order valence-electron chi connectivity index (χ0n) is 16.8. The van der Waals surface area contributed by atoms with Gasteiger partial charge in [0, 0.05) is 44.4 Å². The Kier molecular flexibility index (Phi) is 6.86. The predicted molar refractivity (Wildman–Crippen MR) is 114 cm³/mol. The highest BCUT2D eigenvalue weighted by Gasteiger charge is 2.34. The Bertz CT molecular complexity index is 1130. The number of carbonyl (C=O) groups excluding carboxylic acids is 1. The maximum absolute atomic E-state index is 12.9. The topological polar surface area (TPSA) is 110 Å². The van der Waals surface area contributed by atoms with Gasteiger partial charge in [0.05, 0.1) is 15.4 Å². The second-order valence-electron chi connectivity index (χ2n) is 7.07. The van der Waals surface area contributed by atoms with Crippen molar-refractivity contribution >= 4 is 40.6 Å². The van der Waals surface area contributed by atoms with E-state index in [4.69, 9.17) is 11.6 Å². The number of hydrogen-bond donors (Lipinski definition) is 0. The molecule has 0 unspecified atom stereocenters. The molecule has 0 radical (unpaired) electrons. The maximum atomic E-state index is 12.9. The minimum absolute atomic E-state index is 0.0306. The van der Waals surface area contributed by atoms with E-state index in [-0.39, 0.29) is 48.5 Å². The summed E-state index contributed by atoms with van der Waals surface area (Å²) in [6.07, 6.45) is -2.06. The van der Waals surface area contributed by atoms with Crippen molar-refractivity contribution < 1.29 is 27.8 Å². The number of nitrogens with zero attached hydrogens (tertiary/aromatic N) is 4. The smallest absolute Gasteiger partial charge is 0.362 e. The summed E-state index contributed by atoms with van der Waals surface area (Å²) in [4.78, 5) is 36.2. The number of nitro benzene ring substituents is 2. The molecule has 1 aliphatic rings. The molecule has 1 saturated heterocycles. The largest absolute Gasteiger partial charge is 0.416 e. The lowest BCUT2D eigenvalue weighted by atomic mass is 10.1. The fourth-order valence-electron chi connectivity index (χ4n) is 3.33. The zero-order chi connectivity index (χ0) is 24.3. The van der Waals surface area contributed by atoms with E-state index < -0.39 is 27.3 Å². The molecule has 0 aromatic heterocycles. The normalized spacial score (nSPS) is 14.5. The van der Waals surface area contributed by atoms with Gasteiger partial charge in [-0.05, 0) is 29.8 Å². The van der Waals surface area contributed by atoms with Gasteiger partial charge in [0.25, 0.3) is 11.4 Å². The lowest BCUT2D eigenvalue weighted by Crippen LogP contribution is -2.48. The van der Waals surface area contributed by atoms with Gasteiger partial charge in [0.2, 0.25) is 5.91 Å². The molecule has 1 aliphatic heterocycles. The monoisotopic (exact) mass is 484 g/mol. The first-order valence-electron chi connectivity index (χ1n) is 9.49. The Balaban J connectivity index is 1.68. The number of hydrogen-bond acceptors (Lipinski definition) is 6. The summed E-state index contributed by atoms with van der Waals surface area (Å²) in [7, 11) is 0. The van der Waals surface area contributed by atoms with Gasteiger partial charge in [-0.25, -0.2) is 0 Å². The number of benzene rings is 2. The summed E-state index contributed by atoms with van der Waals surface area (Å²) in [6.45, 7) is 0.723. The standard InChI is InChI=1S/C20H16ClF3N4O5/c21-15-4-1-13(11-17(15)27(30)31)2-6-19(29)26-9-7-25(8-10-26)16-5-3-14(20(22,23)24)12-18(16)28(32)33/h1-6,11-12H,7-10H2. The molecule has 174 valence electrons. The summed E-state index contributed by atoms with van der Waals surface area (Å²) in [6, 6.07) is 6.44. The molecule has 0 saturated carbocycles. The molecule has 1 fully saturated rings. The highest BCUT2D eigenvalue weighted by Crippen LogP contribution is 2.36. The fraction of sp³-hybridized carbons (Fsp3) is 0.250. The number of carbonyl (C=O) groups is 1. The molecular formula is C20H16ClF3N4O5. The van der Waals surface area contributed by atoms with E-state index in [0.29, 0.717) is 11.6 Å². The van der Waals surface area contributed by atoms with Crippen LogP contribution < -0.4 is 4.90 Å². The number of nitro groups is 2. The van der Waals surface area contributed by atoms with E-state index >= 15 is 0 Å². The molecule has 33 heavy (non-hydrogen) atoms. The molecule has 0 N–H and O–H groups in total. The second kappa shape index (κ2) is 9.45. The molecule has 2 aromatic carbocycles. The van der Waals surface area contributed by atoms with Crippen LogP contribution in [0.3, 0.4) is 0 Å². The Hall–Kier alpha value is -3.67. The third kappa shape index (κ3) is 5.58. The third-order valence-corrected chi connectivity index (χ3v) is 5.34. The van der Waals surface area contributed by atoms with Crippen molar-refractivity contribution in [1.82, 2.24) is 4.90 Å². The Morgan fingerprint density at radius 3 is 2.18 bits per heavy atom. The maximum Gasteiger partial charge on any atom is 0.416 e. The van der Waals surface area contributed by atoms with E-state index in [0.717, 1.165) is 12.1 Å². The molecule has 1 heterocycles. The highest BCUT2D eigenvalue weighted by molar-refractivity contribution is 6.32. The van der Waals surface area contributed by atoms with Gasteiger partial charge >= 0.3 is 6.18 Å². The molecule has 2 aromatic rings. The summed E-state index contributed by atoms with van der Waals surface area (Å²) in [5.74, 6) is -0.380. The first-order valence-corrected chi connectivity index (χ1v) is 9.86. The summed E-state index contributed by atoms with van der Waals surface area (Å²) in [5, 5.41) is 22.2. The Morgan fingerprint density at radius 1 is 0.970 bits per heavy atom. The van der Waals surface area contributed by atoms with Crippen LogP contribution in [0.2, 0.25) is 5.02 Å². The zero-order valence-corrected chi connectivity index (χ0v) is 17.5. The van der Waals surface area contributed by atoms with E-state index in [1.165, 1.54) is 35.3 Å². The van der Waals surface area contributed by atoms with Crippen LogP contribution in [0.25, 0.3) is 6.08 Å². The molecule has 0 bridgehead atoms. The summed E-state index contributed by atoms with van der Waals surface area (Å²) >= 11 is 5.76. The van der Waals surface area contributed by atoms with Gasteiger partial charge in [-0.3, -0.25) is 25.0 Å². The van der Waals surface area contributed by atoms with Gasteiger partial charge in [0.1, 0.15) is 10.7 Å². The van der Waals surface area contributed by atoms with E-state index in [9.17, 15) is 38.2 Å². The van der Waals surface area contributed by atoms with Crippen molar-refractivity contribution in [1.29, 1.82) is 0 Å². The van der Waals surface area contributed by atoms with E-state index in [1.807, 2.05) is 0 Å². The lowest BCUT2D eigenvalue weighted by molar-refractivity contribution is -0.384. The Morgan fingerprint density at radius 2 is 1.61 bits per heavy atom. The number of halogens is 4. The predicted octanol–water partition coefficient (Wildman–Crippen LogP) is 4.54. The third-order valence-electron chi connectivity index (χ3n) is 5.02. The molecule has 9 nitrogen and oxygen atoms in total. The first kappa shape index (κ1) is 24.0. The van der Waals surface area contributed by atoms with Crippen LogP contribution in [-0.2, 0) is 11.0 Å². The van der Waals surface area contributed by atoms with Crippen LogP contribution >= 0.6 is 11.6 Å². The van der Waals surface area contributed by atoms with Crippen LogP contribution in [0.15, 0.2) is 42.5 Å². The fourth-order valence-corrected chi connectivity index (χ4v) is 3.51. The van der Waals surface area contributed by atoms with Gasteiger partial charge in [-0.15, -0.1) is 0 Å². The average Bonchev–Trinajstić information content (AvgIpc) is 2.77. The van der Waals surface area contributed by atoms with E-state index in [2.05, 4.69) is 0 Å². The SMILES string of the molecule is O=C(C=Cc1ccc(Cl)c([N+](=O)[O-])c1)N1CCN(c2ccc(C(F)(F)F)cc2[N+](=O)[O-])CC1. The van der Waals surface area contributed by atoms with Crippen molar-refractivity contribution in [2.24, 2.45) is 0 Å². The Labute approximate surface area is 189 Å². The first-order chi connectivity index (χ1) is 15.5. The lowest BCUT2D eigenvalue weighted by Gasteiger charge is -2.35. The van der Waals surface area contributed by atoms with Gasteiger partial charge in [-0.2, -0.15) is 13.2 Å². The summed E-state index contributed by atoms with van der Waals surface area (Å²) < 4.78 is 38.7. The van der Waals surface area contributed by atoms with Crippen molar-refractivity contribution in [3.8, 4) is 0 Å². The molecule has 0 aliphatic carbocycles. The average molecular weight is 485 g/mol. The van der Waals surface area contributed by atoms with Gasteiger partial charge in [0.15, 0.2) is 0 Å². The van der Waals surface area contributed by atoms with Crippen molar-refractivity contribution in [3.63, 3.8) is 0 Å². The number of amides is 1. The van der Waals surface area contributed by atoms with Crippen molar-refractivity contribution in [2.45, 2.75) is 6.18 Å². The number of anilines is 1. The molecule has 3 rings (SSSR count). The molecule has 1 amide bonds. The van der Waals surface area contributed by atoms with Gasteiger partial charge < -0.3 is 9.80 Å². The molecular weight excluding hydrogens is 469 g/mol. The number of rotatable bonds is 5. The molecule has 0 atom stereocenters. The highest BCUT2D eigenvalue weighted by atomic mass is 35.5. The number of alkyl halides is 3. The molecule has 13 heteroatoms. The summed E-state index contributed by atoms with van der Waals surface area (Å²) in [5.41, 5.74) is -1.62. The van der Waals surface area contributed by atoms with Crippen LogP contribution in [0.4, 0.5) is 30.2 Å². The van der Waals surface area contributed by atoms with Crippen LogP contribution in [0.5, 0.6) is 0 Å². The second-order valence-corrected chi connectivity index (χ2v) is 7.48. The number of piperazine rings is 1. The minimum atomic E-state index is -4.70. The van der Waals surface area contributed by atoms with E-state index in [1.54, 1.807) is 4.90 Å². The van der Waals surface area contributed by atoms with Crippen molar-refractivity contribution in [3.05, 3.63) is 78.9 Å². The van der Waals surface area contributed by atoms with Gasteiger partial charge in [-0.1, -0.05) is 17.7 Å². The quantitative estimate of drug-likeness (QED) is 0.350. The van der Waals surface area contributed by atoms with Crippen molar-refractivity contribution in [2.75, 3.05) is 31.1 Å². The van der Waals surface area contributed by atoms with Crippen LogP contribution in [-0.4, -0.2) is 46.8 Å². The van der Waals surface area contributed by atoms with Crippen LogP contribution in [0.1, 0.15) is 11.1 Å².